The van der Waals surface area contributed by atoms with Crippen LogP contribution in [0.4, 0.5) is 0 Å². The maximum absolute atomic E-state index is 12.4. The Labute approximate surface area is 140 Å². The Morgan fingerprint density at radius 2 is 2.21 bits per heavy atom. The molecule has 1 saturated carbocycles. The number of amides is 1. The van der Waals surface area contributed by atoms with Crippen molar-refractivity contribution in [3.05, 3.63) is 30.4 Å². The zero-order valence-electron chi connectivity index (χ0n) is 13.5. The van der Waals surface area contributed by atoms with Crippen LogP contribution < -0.4 is 5.32 Å². The van der Waals surface area contributed by atoms with Crippen LogP contribution in [-0.4, -0.2) is 38.8 Å². The Morgan fingerprint density at radius 1 is 1.38 bits per heavy atom. The lowest BCUT2D eigenvalue weighted by Crippen LogP contribution is -2.42. The van der Waals surface area contributed by atoms with Crippen molar-refractivity contribution in [3.8, 4) is 11.5 Å². The summed E-state index contributed by atoms with van der Waals surface area (Å²) in [6.45, 7) is 0.0502. The van der Waals surface area contributed by atoms with E-state index in [1.54, 1.807) is 24.5 Å². The summed E-state index contributed by atoms with van der Waals surface area (Å²) in [6.07, 6.45) is 9.56. The quantitative estimate of drug-likeness (QED) is 0.842. The molecule has 1 aliphatic carbocycles. The maximum atomic E-state index is 12.4. The second-order valence-corrected chi connectivity index (χ2v) is 6.16. The number of carbonyl (C=O) groups excluding carboxylic acids is 1. The van der Waals surface area contributed by atoms with Crippen LogP contribution in [0, 0.1) is 5.92 Å². The number of hydrogen-bond donors (Lipinski definition) is 2. The molecule has 0 radical (unpaired) electrons. The van der Waals surface area contributed by atoms with Crippen LogP contribution >= 0.6 is 0 Å². The summed E-state index contributed by atoms with van der Waals surface area (Å²) in [4.78, 5) is 20.6. The number of hydrogen-bond acceptors (Lipinski definition) is 6. The van der Waals surface area contributed by atoms with Gasteiger partial charge in [0.05, 0.1) is 5.56 Å². The molecule has 2 aromatic rings. The van der Waals surface area contributed by atoms with E-state index in [1.807, 2.05) is 0 Å². The Bertz CT molecular complexity index is 653. The molecule has 1 fully saturated rings. The first-order chi connectivity index (χ1) is 11.8. The van der Waals surface area contributed by atoms with Gasteiger partial charge in [-0.05, 0) is 37.3 Å². The normalized spacial score (nSPS) is 16.7. The molecule has 2 aromatic heterocycles. The van der Waals surface area contributed by atoms with E-state index in [0.717, 1.165) is 12.8 Å². The molecular weight excluding hydrogens is 308 g/mol. The second-order valence-electron chi connectivity index (χ2n) is 6.16. The van der Waals surface area contributed by atoms with Crippen molar-refractivity contribution in [1.29, 1.82) is 0 Å². The van der Waals surface area contributed by atoms with Crippen molar-refractivity contribution < 1.29 is 14.4 Å². The molecule has 0 aliphatic heterocycles. The number of nitrogens with zero attached hydrogens (tertiary/aromatic N) is 3. The summed E-state index contributed by atoms with van der Waals surface area (Å²) in [5.41, 5.74) is 0.670. The predicted octanol–water partition coefficient (Wildman–Crippen LogP) is 2.19. The minimum Gasteiger partial charge on any atom is -0.396 e. The van der Waals surface area contributed by atoms with Gasteiger partial charge in [-0.25, -0.2) is 0 Å². The Morgan fingerprint density at radius 3 is 2.92 bits per heavy atom. The van der Waals surface area contributed by atoms with Crippen molar-refractivity contribution in [1.82, 2.24) is 20.4 Å². The molecule has 1 atom stereocenters. The summed E-state index contributed by atoms with van der Waals surface area (Å²) < 4.78 is 5.15. The Hall–Kier alpha value is -2.28. The van der Waals surface area contributed by atoms with Crippen molar-refractivity contribution in [3.63, 3.8) is 0 Å². The molecule has 0 unspecified atom stereocenters. The molecule has 2 heterocycles. The van der Waals surface area contributed by atoms with Crippen LogP contribution in [0.15, 0.2) is 29.0 Å². The first-order valence-electron chi connectivity index (χ1n) is 8.44. The molecule has 2 N–H and O–H groups in total. The van der Waals surface area contributed by atoms with Crippen molar-refractivity contribution in [2.24, 2.45) is 5.92 Å². The number of rotatable bonds is 6. The predicted molar refractivity (Wildman–Crippen MR) is 87.1 cm³/mol. The van der Waals surface area contributed by atoms with Gasteiger partial charge in [-0.15, -0.1) is 0 Å². The van der Waals surface area contributed by atoms with Crippen LogP contribution in [0.5, 0.6) is 0 Å². The van der Waals surface area contributed by atoms with Gasteiger partial charge in [0, 0.05) is 25.0 Å². The van der Waals surface area contributed by atoms with Crippen LogP contribution in [0.25, 0.3) is 11.5 Å². The zero-order valence-corrected chi connectivity index (χ0v) is 13.5. The number of pyridine rings is 1. The van der Waals surface area contributed by atoms with Gasteiger partial charge in [0.2, 0.25) is 0 Å². The van der Waals surface area contributed by atoms with Gasteiger partial charge in [0.25, 0.3) is 17.6 Å². The minimum absolute atomic E-state index is 0.00704. The summed E-state index contributed by atoms with van der Waals surface area (Å²) in [5, 5.41) is 16.0. The van der Waals surface area contributed by atoms with Gasteiger partial charge in [-0.2, -0.15) is 4.98 Å². The smallest absolute Gasteiger partial charge is 0.292 e. The van der Waals surface area contributed by atoms with Gasteiger partial charge >= 0.3 is 0 Å². The van der Waals surface area contributed by atoms with E-state index >= 15 is 0 Å². The second kappa shape index (κ2) is 8.01. The molecule has 0 spiro atoms. The summed E-state index contributed by atoms with van der Waals surface area (Å²) in [7, 11) is 0. The molecule has 1 aliphatic rings. The summed E-state index contributed by atoms with van der Waals surface area (Å²) in [5.74, 6) is 0.315. The van der Waals surface area contributed by atoms with Crippen LogP contribution in [0.2, 0.25) is 0 Å². The molecule has 0 aromatic carbocycles. The molecule has 3 rings (SSSR count). The fraction of sp³-hybridized carbons (Fsp3) is 0.529. The molecule has 1 amide bonds. The number of aliphatic hydroxyl groups is 1. The van der Waals surface area contributed by atoms with E-state index in [9.17, 15) is 9.90 Å². The van der Waals surface area contributed by atoms with Gasteiger partial charge < -0.3 is 14.9 Å². The SMILES string of the molecule is O=C(N[C@@H](CCO)C1CCCCC1)c1noc(-c2cccnc2)n1. The molecular formula is C17H22N4O3. The number of nitrogens with one attached hydrogen (secondary N) is 1. The lowest BCUT2D eigenvalue weighted by atomic mass is 9.82. The third-order valence-electron chi connectivity index (χ3n) is 4.51. The van der Waals surface area contributed by atoms with E-state index < -0.39 is 0 Å². The molecule has 7 heteroatoms. The minimum atomic E-state index is -0.363. The van der Waals surface area contributed by atoms with Crippen LogP contribution in [0.3, 0.4) is 0 Å². The Kier molecular flexibility index (Phi) is 5.53. The van der Waals surface area contributed by atoms with Gasteiger partial charge in [-0.1, -0.05) is 24.4 Å². The molecule has 128 valence electrons. The Balaban J connectivity index is 1.67. The van der Waals surface area contributed by atoms with Crippen molar-refractivity contribution >= 4 is 5.91 Å². The van der Waals surface area contributed by atoms with E-state index in [-0.39, 0.29) is 30.3 Å². The standard InChI is InChI=1S/C17H22N4O3/c22-10-8-14(12-5-2-1-3-6-12)19-16(23)15-20-17(24-21-15)13-7-4-9-18-11-13/h4,7,9,11-12,14,22H,1-3,5-6,8,10H2,(H,19,23)/t14-/m0/s1. The lowest BCUT2D eigenvalue weighted by Gasteiger charge is -2.30. The van der Waals surface area contributed by atoms with Crippen LogP contribution in [-0.2, 0) is 0 Å². The monoisotopic (exact) mass is 330 g/mol. The van der Waals surface area contributed by atoms with Gasteiger partial charge in [0.1, 0.15) is 0 Å². The highest BCUT2D eigenvalue weighted by Crippen LogP contribution is 2.28. The number of aromatic nitrogens is 3. The highest BCUT2D eigenvalue weighted by atomic mass is 16.5. The number of carbonyl (C=O) groups is 1. The van der Waals surface area contributed by atoms with E-state index in [1.165, 1.54) is 19.3 Å². The van der Waals surface area contributed by atoms with Crippen molar-refractivity contribution in [2.45, 2.75) is 44.6 Å². The summed E-state index contributed by atoms with van der Waals surface area (Å²) >= 11 is 0. The topological polar surface area (TPSA) is 101 Å². The molecule has 0 saturated heterocycles. The molecule has 7 nitrogen and oxygen atoms in total. The highest BCUT2D eigenvalue weighted by molar-refractivity contribution is 5.90. The maximum Gasteiger partial charge on any atom is 0.292 e. The lowest BCUT2D eigenvalue weighted by molar-refractivity contribution is 0.0886. The average Bonchev–Trinajstić information content (AvgIpc) is 3.13. The molecule has 0 bridgehead atoms. The van der Waals surface area contributed by atoms with Gasteiger partial charge in [0.15, 0.2) is 0 Å². The van der Waals surface area contributed by atoms with E-state index in [2.05, 4.69) is 20.4 Å². The average molecular weight is 330 g/mol. The first kappa shape index (κ1) is 16.6. The summed E-state index contributed by atoms with van der Waals surface area (Å²) in [6, 6.07) is 3.50. The zero-order chi connectivity index (χ0) is 16.8. The molecule has 24 heavy (non-hydrogen) atoms. The largest absolute Gasteiger partial charge is 0.396 e. The highest BCUT2D eigenvalue weighted by Gasteiger charge is 2.26. The fourth-order valence-corrected chi connectivity index (χ4v) is 3.26. The first-order valence-corrected chi connectivity index (χ1v) is 8.44. The fourth-order valence-electron chi connectivity index (χ4n) is 3.26. The number of aliphatic hydroxyl groups excluding tert-OH is 1. The van der Waals surface area contributed by atoms with E-state index in [0.29, 0.717) is 17.9 Å². The van der Waals surface area contributed by atoms with E-state index in [4.69, 9.17) is 4.52 Å². The third-order valence-corrected chi connectivity index (χ3v) is 4.51. The van der Waals surface area contributed by atoms with Gasteiger partial charge in [-0.3, -0.25) is 9.78 Å². The van der Waals surface area contributed by atoms with Crippen molar-refractivity contribution in [2.75, 3.05) is 6.61 Å². The van der Waals surface area contributed by atoms with Crippen LogP contribution in [0.1, 0.15) is 49.1 Å². The third kappa shape index (κ3) is 3.97.